The Balaban J connectivity index is 2.40. The van der Waals surface area contributed by atoms with E-state index in [-0.39, 0.29) is 5.88 Å². The van der Waals surface area contributed by atoms with Gasteiger partial charge < -0.3 is 4.42 Å². The van der Waals surface area contributed by atoms with Crippen LogP contribution >= 0.6 is 0 Å². The maximum absolute atomic E-state index is 12.7. The van der Waals surface area contributed by atoms with E-state index in [4.69, 9.17) is 4.42 Å². The molecule has 0 aromatic carbocycles. The first-order chi connectivity index (χ1) is 11.3. The Labute approximate surface area is 139 Å². The second-order valence-electron chi connectivity index (χ2n) is 5.70. The first kappa shape index (κ1) is 17.5. The molecule has 2 aromatic heterocycles. The van der Waals surface area contributed by atoms with Crippen molar-refractivity contribution in [3.8, 4) is 6.07 Å². The zero-order valence-electron chi connectivity index (χ0n) is 14.4. The van der Waals surface area contributed by atoms with Crippen LogP contribution in [0.1, 0.15) is 47.7 Å². The van der Waals surface area contributed by atoms with E-state index in [1.807, 2.05) is 6.07 Å². The summed E-state index contributed by atoms with van der Waals surface area (Å²) in [6.07, 6.45) is 0.401. The minimum Gasteiger partial charge on any atom is -0.444 e. The van der Waals surface area contributed by atoms with E-state index in [2.05, 4.69) is 10.3 Å². The number of carbonyl (C=O) groups excluding carboxylic acids is 1. The molecule has 0 bridgehead atoms. The zero-order chi connectivity index (χ0) is 18.0. The monoisotopic (exact) mass is 328 g/mol. The van der Waals surface area contributed by atoms with Crippen molar-refractivity contribution in [2.45, 2.75) is 47.1 Å². The molecule has 0 radical (unpaired) electrons. The van der Waals surface area contributed by atoms with E-state index in [0.717, 1.165) is 0 Å². The number of amides is 1. The van der Waals surface area contributed by atoms with Crippen LogP contribution < -0.4 is 11.0 Å². The van der Waals surface area contributed by atoms with Crippen molar-refractivity contribution in [3.05, 3.63) is 44.8 Å². The SMILES string of the molecule is CCC(C(=O)Nc1oc(C)c(C)c1C#N)n1c(C)cc(C)nc1=O. The van der Waals surface area contributed by atoms with E-state index in [0.29, 0.717) is 34.7 Å². The molecular formula is C17H20N4O3. The third kappa shape index (κ3) is 3.08. The van der Waals surface area contributed by atoms with Crippen LogP contribution in [0.4, 0.5) is 5.88 Å². The maximum Gasteiger partial charge on any atom is 0.348 e. The summed E-state index contributed by atoms with van der Waals surface area (Å²) in [4.78, 5) is 28.7. The number of nitrogens with one attached hydrogen (secondary N) is 1. The van der Waals surface area contributed by atoms with Crippen LogP contribution in [0.3, 0.4) is 0 Å². The molecule has 1 amide bonds. The number of nitrogens with zero attached hydrogens (tertiary/aromatic N) is 3. The summed E-state index contributed by atoms with van der Waals surface area (Å²) >= 11 is 0. The van der Waals surface area contributed by atoms with Gasteiger partial charge in [-0.05, 0) is 40.2 Å². The fraction of sp³-hybridized carbons (Fsp3) is 0.412. The normalized spacial score (nSPS) is 11.8. The Morgan fingerprint density at radius 3 is 2.62 bits per heavy atom. The fourth-order valence-electron chi connectivity index (χ4n) is 2.67. The third-order valence-electron chi connectivity index (χ3n) is 4.01. The number of hydrogen-bond donors (Lipinski definition) is 1. The minimum absolute atomic E-state index is 0.113. The lowest BCUT2D eigenvalue weighted by Crippen LogP contribution is -2.36. The van der Waals surface area contributed by atoms with Gasteiger partial charge in [0.1, 0.15) is 23.4 Å². The number of aryl methyl sites for hydroxylation is 3. The highest BCUT2D eigenvalue weighted by atomic mass is 16.4. The maximum atomic E-state index is 12.7. The standard InChI is InChI=1S/C17H20N4O3/c1-6-14(21-10(3)7-9(2)19-17(21)23)15(22)20-16-13(8-18)11(4)12(5)24-16/h7,14H,6H2,1-5H3,(H,20,22). The zero-order valence-corrected chi connectivity index (χ0v) is 14.4. The Kier molecular flexibility index (Phi) is 4.88. The van der Waals surface area contributed by atoms with Crippen molar-refractivity contribution in [2.75, 3.05) is 5.32 Å². The fourth-order valence-corrected chi connectivity index (χ4v) is 2.67. The average Bonchev–Trinajstić information content (AvgIpc) is 2.76. The van der Waals surface area contributed by atoms with Crippen molar-refractivity contribution in [1.29, 1.82) is 5.26 Å². The van der Waals surface area contributed by atoms with E-state index < -0.39 is 17.6 Å². The van der Waals surface area contributed by atoms with E-state index in [1.54, 1.807) is 40.7 Å². The molecule has 126 valence electrons. The molecule has 2 rings (SSSR count). The Hall–Kier alpha value is -2.88. The highest BCUT2D eigenvalue weighted by Gasteiger charge is 2.25. The summed E-state index contributed by atoms with van der Waals surface area (Å²) < 4.78 is 6.82. The van der Waals surface area contributed by atoms with Gasteiger partial charge in [-0.1, -0.05) is 6.92 Å². The average molecular weight is 328 g/mol. The molecule has 1 unspecified atom stereocenters. The molecule has 24 heavy (non-hydrogen) atoms. The smallest absolute Gasteiger partial charge is 0.348 e. The quantitative estimate of drug-likeness (QED) is 0.929. The number of nitriles is 1. The van der Waals surface area contributed by atoms with E-state index >= 15 is 0 Å². The summed E-state index contributed by atoms with van der Waals surface area (Å²) in [5, 5.41) is 11.9. The summed E-state index contributed by atoms with van der Waals surface area (Å²) in [7, 11) is 0. The molecule has 0 saturated heterocycles. The molecule has 0 aliphatic heterocycles. The molecule has 0 fully saturated rings. The molecule has 0 spiro atoms. The van der Waals surface area contributed by atoms with Crippen LogP contribution in [-0.2, 0) is 4.79 Å². The number of hydrogen-bond acceptors (Lipinski definition) is 5. The number of anilines is 1. The Bertz CT molecular complexity index is 886. The molecule has 0 aliphatic carbocycles. The van der Waals surface area contributed by atoms with Crippen LogP contribution in [0.2, 0.25) is 0 Å². The van der Waals surface area contributed by atoms with Gasteiger partial charge in [0.25, 0.3) is 0 Å². The van der Waals surface area contributed by atoms with Crippen LogP contribution in [0.25, 0.3) is 0 Å². The van der Waals surface area contributed by atoms with Crippen LogP contribution in [-0.4, -0.2) is 15.5 Å². The Morgan fingerprint density at radius 1 is 1.42 bits per heavy atom. The molecule has 7 heteroatoms. The van der Waals surface area contributed by atoms with Crippen LogP contribution in [0.15, 0.2) is 15.3 Å². The van der Waals surface area contributed by atoms with E-state index in [1.165, 1.54) is 4.57 Å². The van der Waals surface area contributed by atoms with Gasteiger partial charge in [-0.2, -0.15) is 10.2 Å². The summed E-state index contributed by atoms with van der Waals surface area (Å²) in [6, 6.07) is 3.04. The van der Waals surface area contributed by atoms with E-state index in [9.17, 15) is 14.9 Å². The van der Waals surface area contributed by atoms with Gasteiger partial charge in [-0.25, -0.2) is 4.79 Å². The van der Waals surface area contributed by atoms with Crippen LogP contribution in [0.5, 0.6) is 0 Å². The Morgan fingerprint density at radius 2 is 2.08 bits per heavy atom. The predicted octanol–water partition coefficient (Wildman–Crippen LogP) is 2.53. The molecule has 0 aliphatic rings. The molecule has 2 heterocycles. The third-order valence-corrected chi connectivity index (χ3v) is 4.01. The number of aromatic nitrogens is 2. The molecule has 7 nitrogen and oxygen atoms in total. The number of furan rings is 1. The lowest BCUT2D eigenvalue weighted by Gasteiger charge is -2.19. The second-order valence-corrected chi connectivity index (χ2v) is 5.70. The first-order valence-corrected chi connectivity index (χ1v) is 7.67. The van der Waals surface area contributed by atoms with Crippen molar-refractivity contribution in [1.82, 2.24) is 9.55 Å². The highest BCUT2D eigenvalue weighted by Crippen LogP contribution is 2.26. The molecule has 1 atom stereocenters. The first-order valence-electron chi connectivity index (χ1n) is 7.67. The van der Waals surface area contributed by atoms with Gasteiger partial charge >= 0.3 is 5.69 Å². The second kappa shape index (κ2) is 6.71. The van der Waals surface area contributed by atoms with Crippen molar-refractivity contribution >= 4 is 11.8 Å². The minimum atomic E-state index is -0.733. The van der Waals surface area contributed by atoms with Gasteiger partial charge in [-0.3, -0.25) is 14.7 Å². The summed E-state index contributed by atoms with van der Waals surface area (Å²) in [5.41, 5.74) is 1.77. The lowest BCUT2D eigenvalue weighted by atomic mass is 10.1. The number of rotatable bonds is 4. The van der Waals surface area contributed by atoms with Gasteiger partial charge in [0.2, 0.25) is 11.8 Å². The molecule has 0 saturated carbocycles. The molecule has 2 aromatic rings. The summed E-state index contributed by atoms with van der Waals surface area (Å²) in [6.45, 7) is 8.77. The molecular weight excluding hydrogens is 308 g/mol. The topological polar surface area (TPSA) is 101 Å². The van der Waals surface area contributed by atoms with Gasteiger partial charge in [0.15, 0.2) is 0 Å². The van der Waals surface area contributed by atoms with Crippen LogP contribution in [0, 0.1) is 39.0 Å². The highest BCUT2D eigenvalue weighted by molar-refractivity contribution is 5.93. The van der Waals surface area contributed by atoms with Gasteiger partial charge in [0.05, 0.1) is 0 Å². The van der Waals surface area contributed by atoms with Crippen molar-refractivity contribution in [3.63, 3.8) is 0 Å². The van der Waals surface area contributed by atoms with Crippen molar-refractivity contribution in [2.24, 2.45) is 0 Å². The van der Waals surface area contributed by atoms with Gasteiger partial charge in [0, 0.05) is 17.0 Å². The summed E-state index contributed by atoms with van der Waals surface area (Å²) in [5.74, 6) is 0.264. The predicted molar refractivity (Wildman–Crippen MR) is 88.8 cm³/mol. The number of carbonyl (C=O) groups is 1. The lowest BCUT2D eigenvalue weighted by molar-refractivity contribution is -0.119. The largest absolute Gasteiger partial charge is 0.444 e. The molecule has 1 N–H and O–H groups in total. The van der Waals surface area contributed by atoms with Gasteiger partial charge in [-0.15, -0.1) is 0 Å². The van der Waals surface area contributed by atoms with Crippen molar-refractivity contribution < 1.29 is 9.21 Å².